The van der Waals surface area contributed by atoms with Crippen LogP contribution in [0.1, 0.15) is 20.7 Å². The normalized spacial score (nSPS) is 10.6. The van der Waals surface area contributed by atoms with Crippen molar-refractivity contribution in [2.24, 2.45) is 7.05 Å². The molecule has 3 aromatic carbocycles. The van der Waals surface area contributed by atoms with Crippen molar-refractivity contribution >= 4 is 46.3 Å². The first-order valence-electron chi connectivity index (χ1n) is 9.96. The first-order chi connectivity index (χ1) is 15.9. The molecule has 4 rings (SSSR count). The monoisotopic (exact) mass is 460 g/mol. The number of carbonyl (C=O) groups is 2. The number of hydrogen-bond donors (Lipinski definition) is 3. The third-order valence-corrected chi connectivity index (χ3v) is 5.49. The number of para-hydroxylation sites is 1. The lowest BCUT2D eigenvalue weighted by molar-refractivity contribution is 0.102. The van der Waals surface area contributed by atoms with Crippen molar-refractivity contribution in [1.82, 2.24) is 9.55 Å². The van der Waals surface area contributed by atoms with Crippen LogP contribution < -0.4 is 20.9 Å². The summed E-state index contributed by atoms with van der Waals surface area (Å²) in [6.45, 7) is 0. The van der Waals surface area contributed by atoms with Gasteiger partial charge in [-0.2, -0.15) is 0 Å². The van der Waals surface area contributed by atoms with Crippen LogP contribution in [0.25, 0.3) is 10.9 Å². The molecular formula is C24H20N4O4S. The second-order valence-corrected chi connectivity index (χ2v) is 7.63. The minimum absolute atomic E-state index is 0.250. The highest BCUT2D eigenvalue weighted by atomic mass is 32.1. The molecule has 0 aliphatic rings. The fraction of sp³-hybridized carbons (Fsp3) is 0.0833. The number of carbonyl (C=O) groups excluding carboxylic acids is 2. The number of nitrogens with one attached hydrogen (secondary N) is 3. The van der Waals surface area contributed by atoms with Gasteiger partial charge in [0.05, 0.1) is 29.3 Å². The van der Waals surface area contributed by atoms with Gasteiger partial charge in [0, 0.05) is 24.4 Å². The van der Waals surface area contributed by atoms with Crippen LogP contribution in [0, 0.1) is 4.77 Å². The average molecular weight is 461 g/mol. The molecule has 0 spiro atoms. The van der Waals surface area contributed by atoms with E-state index in [0.29, 0.717) is 39.2 Å². The number of fused-ring (bicyclic) bond motifs is 1. The topological polar surface area (TPSA) is 105 Å². The SMILES string of the molecule is COc1cccc(NC(=O)c2ccccc2NC(=O)c2ccc3c(=O)n(C)c(=S)[nH]c3c2)c1. The van der Waals surface area contributed by atoms with Crippen LogP contribution in [-0.4, -0.2) is 28.5 Å². The van der Waals surface area contributed by atoms with Crippen LogP contribution in [0.15, 0.2) is 71.5 Å². The Labute approximate surface area is 193 Å². The molecule has 1 aromatic heterocycles. The van der Waals surface area contributed by atoms with Gasteiger partial charge in [0.2, 0.25) is 0 Å². The van der Waals surface area contributed by atoms with Gasteiger partial charge in [-0.05, 0) is 54.7 Å². The molecule has 0 aliphatic carbocycles. The molecule has 0 bridgehead atoms. The van der Waals surface area contributed by atoms with Crippen LogP contribution in [0.5, 0.6) is 5.75 Å². The zero-order valence-corrected chi connectivity index (χ0v) is 18.7. The highest BCUT2D eigenvalue weighted by molar-refractivity contribution is 7.71. The first kappa shape index (κ1) is 22.0. The van der Waals surface area contributed by atoms with E-state index in [0.717, 1.165) is 0 Å². The summed E-state index contributed by atoms with van der Waals surface area (Å²) in [5.74, 6) is -0.205. The molecule has 0 atom stereocenters. The summed E-state index contributed by atoms with van der Waals surface area (Å²) in [4.78, 5) is 41.1. The summed E-state index contributed by atoms with van der Waals surface area (Å²) in [7, 11) is 3.12. The summed E-state index contributed by atoms with van der Waals surface area (Å²) >= 11 is 5.15. The summed E-state index contributed by atoms with van der Waals surface area (Å²) < 4.78 is 6.76. The maximum atomic E-state index is 12.9. The van der Waals surface area contributed by atoms with Gasteiger partial charge < -0.3 is 20.4 Å². The Kier molecular flexibility index (Phi) is 6.05. The summed E-state index contributed by atoms with van der Waals surface area (Å²) in [5, 5.41) is 6.00. The number of benzene rings is 3. The highest BCUT2D eigenvalue weighted by Gasteiger charge is 2.15. The molecule has 33 heavy (non-hydrogen) atoms. The number of hydrogen-bond acceptors (Lipinski definition) is 5. The van der Waals surface area contributed by atoms with Gasteiger partial charge in [-0.15, -0.1) is 0 Å². The minimum Gasteiger partial charge on any atom is -0.497 e. The molecule has 0 saturated carbocycles. The lowest BCUT2D eigenvalue weighted by Gasteiger charge is -2.12. The van der Waals surface area contributed by atoms with Gasteiger partial charge in [0.1, 0.15) is 5.75 Å². The molecule has 0 radical (unpaired) electrons. The van der Waals surface area contributed by atoms with Gasteiger partial charge in [0.15, 0.2) is 4.77 Å². The van der Waals surface area contributed by atoms with Crippen LogP contribution >= 0.6 is 12.2 Å². The number of nitrogens with zero attached hydrogens (tertiary/aromatic N) is 1. The minimum atomic E-state index is -0.432. The molecule has 9 heteroatoms. The Morgan fingerprint density at radius 3 is 2.55 bits per heavy atom. The molecule has 0 unspecified atom stereocenters. The van der Waals surface area contributed by atoms with Crippen molar-refractivity contribution in [3.8, 4) is 5.75 Å². The highest BCUT2D eigenvalue weighted by Crippen LogP contribution is 2.21. The number of aromatic amines is 1. The van der Waals surface area contributed by atoms with Crippen molar-refractivity contribution < 1.29 is 14.3 Å². The van der Waals surface area contributed by atoms with Crippen LogP contribution in [0.3, 0.4) is 0 Å². The van der Waals surface area contributed by atoms with E-state index in [-0.39, 0.29) is 16.2 Å². The predicted octanol–water partition coefficient (Wildman–Crippen LogP) is 4.11. The molecule has 4 aromatic rings. The molecule has 3 N–H and O–H groups in total. The van der Waals surface area contributed by atoms with E-state index in [4.69, 9.17) is 17.0 Å². The largest absolute Gasteiger partial charge is 0.497 e. The van der Waals surface area contributed by atoms with Gasteiger partial charge in [0.25, 0.3) is 17.4 Å². The first-order valence-corrected chi connectivity index (χ1v) is 10.4. The molecule has 0 fully saturated rings. The fourth-order valence-corrected chi connectivity index (χ4v) is 3.52. The number of aromatic nitrogens is 2. The van der Waals surface area contributed by atoms with Gasteiger partial charge in [-0.25, -0.2) is 0 Å². The van der Waals surface area contributed by atoms with Crippen LogP contribution in [-0.2, 0) is 7.05 Å². The Morgan fingerprint density at radius 2 is 1.76 bits per heavy atom. The molecule has 166 valence electrons. The Balaban J connectivity index is 1.60. The van der Waals surface area contributed by atoms with E-state index in [9.17, 15) is 14.4 Å². The number of amides is 2. The molecule has 8 nitrogen and oxygen atoms in total. The summed E-state index contributed by atoms with van der Waals surface area (Å²) in [6, 6.07) is 18.3. The second kappa shape index (κ2) is 9.09. The number of methoxy groups -OCH3 is 1. The second-order valence-electron chi connectivity index (χ2n) is 7.24. The number of rotatable bonds is 5. The standard InChI is InChI=1S/C24H20N4O4S/c1-28-23(31)18-11-10-14(12-20(18)27-24(28)33)21(29)26-19-9-4-3-8-17(19)22(30)25-15-6-5-7-16(13-15)32-2/h3-13H,1-2H3,(H,25,30)(H,26,29)(H,27,33). The number of H-pyrrole nitrogens is 1. The number of ether oxygens (including phenoxy) is 1. The Morgan fingerprint density at radius 1 is 0.970 bits per heavy atom. The van der Waals surface area contributed by atoms with Gasteiger partial charge in [-0.3, -0.25) is 19.0 Å². The lowest BCUT2D eigenvalue weighted by Crippen LogP contribution is -2.20. The Hall–Kier alpha value is -4.24. The smallest absolute Gasteiger partial charge is 0.261 e. The average Bonchev–Trinajstić information content (AvgIpc) is 2.82. The maximum Gasteiger partial charge on any atom is 0.261 e. The number of anilines is 2. The van der Waals surface area contributed by atoms with Crippen molar-refractivity contribution in [2.45, 2.75) is 0 Å². The quantitative estimate of drug-likeness (QED) is 0.389. The van der Waals surface area contributed by atoms with Crippen LogP contribution in [0.4, 0.5) is 11.4 Å². The molecule has 0 saturated heterocycles. The van der Waals surface area contributed by atoms with Crippen molar-refractivity contribution in [1.29, 1.82) is 0 Å². The summed E-state index contributed by atoms with van der Waals surface area (Å²) in [5.41, 5.74) is 1.72. The van der Waals surface area contributed by atoms with Crippen molar-refractivity contribution in [3.05, 3.63) is 93.0 Å². The molecule has 0 aliphatic heterocycles. The maximum absolute atomic E-state index is 12.9. The summed E-state index contributed by atoms with van der Waals surface area (Å²) in [6.07, 6.45) is 0. The molecular weight excluding hydrogens is 440 g/mol. The Bertz CT molecular complexity index is 1510. The van der Waals surface area contributed by atoms with Gasteiger partial charge in [-0.1, -0.05) is 18.2 Å². The van der Waals surface area contributed by atoms with Gasteiger partial charge >= 0.3 is 0 Å². The van der Waals surface area contributed by atoms with E-state index < -0.39 is 5.91 Å². The van der Waals surface area contributed by atoms with Crippen molar-refractivity contribution in [2.75, 3.05) is 17.7 Å². The zero-order chi connectivity index (χ0) is 23.5. The fourth-order valence-electron chi connectivity index (χ4n) is 3.33. The third-order valence-electron chi connectivity index (χ3n) is 5.11. The van der Waals surface area contributed by atoms with Crippen molar-refractivity contribution in [3.63, 3.8) is 0 Å². The van der Waals surface area contributed by atoms with E-state index in [1.807, 2.05) is 0 Å². The lowest BCUT2D eigenvalue weighted by atomic mass is 10.1. The predicted molar refractivity (Wildman–Crippen MR) is 130 cm³/mol. The van der Waals surface area contributed by atoms with E-state index >= 15 is 0 Å². The van der Waals surface area contributed by atoms with E-state index in [2.05, 4.69) is 15.6 Å². The molecule has 1 heterocycles. The van der Waals surface area contributed by atoms with E-state index in [1.165, 1.54) is 4.57 Å². The third kappa shape index (κ3) is 4.53. The van der Waals surface area contributed by atoms with E-state index in [1.54, 1.807) is 80.9 Å². The van der Waals surface area contributed by atoms with Crippen LogP contribution in [0.2, 0.25) is 0 Å². The molecule has 2 amide bonds. The zero-order valence-electron chi connectivity index (χ0n) is 17.8.